The molecule has 1 heterocycles. The zero-order chi connectivity index (χ0) is 18.4. The van der Waals surface area contributed by atoms with Gasteiger partial charge in [0.15, 0.2) is 0 Å². The number of anilines is 3. The van der Waals surface area contributed by atoms with Crippen LogP contribution in [0.4, 0.5) is 16.0 Å². The van der Waals surface area contributed by atoms with E-state index in [1.54, 1.807) is 12.1 Å². The van der Waals surface area contributed by atoms with Crippen LogP contribution in [0, 0.1) is 0 Å². The maximum absolute atomic E-state index is 12.2. The molecule has 0 saturated carbocycles. The van der Waals surface area contributed by atoms with E-state index in [-0.39, 0.29) is 5.91 Å². The molecule has 9 heteroatoms. The van der Waals surface area contributed by atoms with Crippen LogP contribution in [0.5, 0.6) is 0 Å². The van der Waals surface area contributed by atoms with Crippen LogP contribution in [0.1, 0.15) is 10.4 Å². The molecule has 26 heavy (non-hydrogen) atoms. The largest absolute Gasteiger partial charge is 0.383 e. The summed E-state index contributed by atoms with van der Waals surface area (Å²) in [6.45, 7) is 1.40. The molecular weight excluding hydrogens is 393 g/mol. The summed E-state index contributed by atoms with van der Waals surface area (Å²) in [5.41, 5.74) is 1.46. The van der Waals surface area contributed by atoms with Gasteiger partial charge in [0.25, 0.3) is 5.91 Å². The topological polar surface area (TPSA) is 78.9 Å². The maximum Gasteiger partial charge on any atom is 0.257 e. The van der Waals surface area contributed by atoms with E-state index in [4.69, 9.17) is 23.2 Å². The summed E-state index contributed by atoms with van der Waals surface area (Å²) in [7, 11) is 0. The van der Waals surface area contributed by atoms with Gasteiger partial charge in [-0.15, -0.1) is 10.2 Å². The molecule has 3 rings (SSSR count). The van der Waals surface area contributed by atoms with Crippen molar-refractivity contribution in [1.82, 2.24) is 10.2 Å². The average molecular weight is 408 g/mol. The third kappa shape index (κ3) is 5.08. The predicted octanol–water partition coefficient (Wildman–Crippen LogP) is 4.62. The number of halogens is 2. The van der Waals surface area contributed by atoms with E-state index in [1.165, 1.54) is 17.4 Å². The van der Waals surface area contributed by atoms with Crippen LogP contribution in [-0.2, 0) is 0 Å². The Labute approximate surface area is 164 Å². The van der Waals surface area contributed by atoms with Crippen molar-refractivity contribution >= 4 is 56.4 Å². The van der Waals surface area contributed by atoms with Crippen molar-refractivity contribution in [2.45, 2.75) is 0 Å². The van der Waals surface area contributed by atoms with Crippen LogP contribution in [0.2, 0.25) is 10.0 Å². The molecule has 134 valence electrons. The predicted molar refractivity (Wildman–Crippen MR) is 108 cm³/mol. The summed E-state index contributed by atoms with van der Waals surface area (Å²) in [5.74, 6) is -0.322. The van der Waals surface area contributed by atoms with Crippen LogP contribution in [0.3, 0.4) is 0 Å². The summed E-state index contributed by atoms with van der Waals surface area (Å²) in [6, 6.07) is 14.6. The van der Waals surface area contributed by atoms with Gasteiger partial charge in [0.2, 0.25) is 10.3 Å². The minimum atomic E-state index is -0.322. The lowest BCUT2D eigenvalue weighted by Crippen LogP contribution is -2.13. The first-order valence-electron chi connectivity index (χ1n) is 7.74. The molecule has 0 fully saturated rings. The van der Waals surface area contributed by atoms with Gasteiger partial charge in [-0.3, -0.25) is 10.1 Å². The second-order valence-electron chi connectivity index (χ2n) is 5.21. The minimum Gasteiger partial charge on any atom is -0.383 e. The fourth-order valence-corrected chi connectivity index (χ4v) is 3.05. The molecule has 0 atom stereocenters. The van der Waals surface area contributed by atoms with Crippen molar-refractivity contribution < 1.29 is 4.79 Å². The molecule has 0 unspecified atom stereocenters. The minimum absolute atomic E-state index is 0.322. The Kier molecular flexibility index (Phi) is 6.27. The molecule has 1 aromatic heterocycles. The van der Waals surface area contributed by atoms with Crippen molar-refractivity contribution in [1.29, 1.82) is 0 Å². The number of hydrogen-bond acceptors (Lipinski definition) is 6. The van der Waals surface area contributed by atoms with Gasteiger partial charge in [-0.1, -0.05) is 52.7 Å². The highest BCUT2D eigenvalue weighted by Crippen LogP contribution is 2.24. The summed E-state index contributed by atoms with van der Waals surface area (Å²) in [5, 5.41) is 18.8. The van der Waals surface area contributed by atoms with E-state index in [9.17, 15) is 4.79 Å². The fourth-order valence-electron chi connectivity index (χ4n) is 2.08. The Morgan fingerprint density at radius 2 is 1.65 bits per heavy atom. The maximum atomic E-state index is 12.2. The SMILES string of the molecule is O=C(Nc1nnc(NCCNc2ccccc2)s1)c1ccc(Cl)c(Cl)c1. The molecule has 6 nitrogen and oxygen atoms in total. The summed E-state index contributed by atoms with van der Waals surface area (Å²) >= 11 is 13.0. The number of para-hydroxylation sites is 1. The lowest BCUT2D eigenvalue weighted by molar-refractivity contribution is 0.102. The second-order valence-corrected chi connectivity index (χ2v) is 7.01. The van der Waals surface area contributed by atoms with E-state index in [2.05, 4.69) is 26.1 Å². The molecule has 0 aliphatic rings. The van der Waals surface area contributed by atoms with Crippen LogP contribution in [0.25, 0.3) is 0 Å². The number of nitrogens with zero attached hydrogens (tertiary/aromatic N) is 2. The first-order valence-corrected chi connectivity index (χ1v) is 9.32. The zero-order valence-corrected chi connectivity index (χ0v) is 15.8. The average Bonchev–Trinajstić information content (AvgIpc) is 3.09. The van der Waals surface area contributed by atoms with Gasteiger partial charge in [0, 0.05) is 24.3 Å². The molecule has 0 spiro atoms. The number of hydrogen-bond donors (Lipinski definition) is 3. The number of nitrogens with one attached hydrogen (secondary N) is 3. The Morgan fingerprint density at radius 3 is 2.42 bits per heavy atom. The highest BCUT2D eigenvalue weighted by atomic mass is 35.5. The van der Waals surface area contributed by atoms with Gasteiger partial charge in [0.1, 0.15) is 0 Å². The Balaban J connectivity index is 1.48. The van der Waals surface area contributed by atoms with Crippen LogP contribution in [0.15, 0.2) is 48.5 Å². The summed E-state index contributed by atoms with van der Waals surface area (Å²) in [6.07, 6.45) is 0. The van der Waals surface area contributed by atoms with Gasteiger partial charge in [-0.2, -0.15) is 0 Å². The van der Waals surface area contributed by atoms with E-state index >= 15 is 0 Å². The molecule has 1 amide bonds. The van der Waals surface area contributed by atoms with Gasteiger partial charge < -0.3 is 10.6 Å². The number of benzene rings is 2. The Hall–Kier alpha value is -2.35. The second kappa shape index (κ2) is 8.84. The van der Waals surface area contributed by atoms with Crippen molar-refractivity contribution in [3.63, 3.8) is 0 Å². The molecule has 0 bridgehead atoms. The van der Waals surface area contributed by atoms with E-state index in [1.807, 2.05) is 30.3 Å². The van der Waals surface area contributed by atoms with Crippen molar-refractivity contribution in [3.8, 4) is 0 Å². The summed E-state index contributed by atoms with van der Waals surface area (Å²) in [4.78, 5) is 12.2. The first kappa shape index (κ1) is 18.4. The molecular formula is C17H15Cl2N5OS. The van der Waals surface area contributed by atoms with Crippen LogP contribution >= 0.6 is 34.5 Å². The first-order chi connectivity index (χ1) is 12.6. The zero-order valence-electron chi connectivity index (χ0n) is 13.5. The number of rotatable bonds is 7. The highest BCUT2D eigenvalue weighted by molar-refractivity contribution is 7.19. The molecule has 0 saturated heterocycles. The quantitative estimate of drug-likeness (QED) is 0.497. The van der Waals surface area contributed by atoms with Crippen LogP contribution in [-0.4, -0.2) is 29.2 Å². The molecule has 0 aliphatic carbocycles. The van der Waals surface area contributed by atoms with E-state index in [0.29, 0.717) is 32.4 Å². The van der Waals surface area contributed by atoms with Crippen LogP contribution < -0.4 is 16.0 Å². The Bertz CT molecular complexity index is 888. The van der Waals surface area contributed by atoms with E-state index < -0.39 is 0 Å². The smallest absolute Gasteiger partial charge is 0.257 e. The van der Waals surface area contributed by atoms with Gasteiger partial charge in [0.05, 0.1) is 10.0 Å². The van der Waals surface area contributed by atoms with Gasteiger partial charge in [-0.25, -0.2) is 0 Å². The van der Waals surface area contributed by atoms with E-state index in [0.717, 1.165) is 12.2 Å². The lowest BCUT2D eigenvalue weighted by Gasteiger charge is -2.06. The van der Waals surface area contributed by atoms with Crippen molar-refractivity contribution in [3.05, 3.63) is 64.1 Å². The lowest BCUT2D eigenvalue weighted by atomic mass is 10.2. The highest BCUT2D eigenvalue weighted by Gasteiger charge is 2.11. The molecule has 0 radical (unpaired) electrons. The number of amides is 1. The van der Waals surface area contributed by atoms with Crippen molar-refractivity contribution in [2.24, 2.45) is 0 Å². The van der Waals surface area contributed by atoms with Gasteiger partial charge in [-0.05, 0) is 30.3 Å². The standard InChI is InChI=1S/C17H15Cl2N5OS/c18-13-7-6-11(10-14(13)19)15(25)22-17-24-23-16(26-17)21-9-8-20-12-4-2-1-3-5-12/h1-7,10,20H,8-9H2,(H,21,23)(H,22,24,25). The van der Waals surface area contributed by atoms with Crippen molar-refractivity contribution in [2.75, 3.05) is 29.0 Å². The molecule has 3 aromatic rings. The number of carbonyl (C=O) groups excluding carboxylic acids is 1. The third-order valence-corrected chi connectivity index (χ3v) is 4.87. The Morgan fingerprint density at radius 1 is 0.923 bits per heavy atom. The normalized spacial score (nSPS) is 10.4. The molecule has 3 N–H and O–H groups in total. The third-order valence-electron chi connectivity index (χ3n) is 3.33. The fraction of sp³-hybridized carbons (Fsp3) is 0.118. The monoisotopic (exact) mass is 407 g/mol. The number of carbonyl (C=O) groups is 1. The molecule has 0 aliphatic heterocycles. The van der Waals surface area contributed by atoms with Gasteiger partial charge >= 0.3 is 0 Å². The number of aromatic nitrogens is 2. The summed E-state index contributed by atoms with van der Waals surface area (Å²) < 4.78 is 0. The molecule has 2 aromatic carbocycles.